The van der Waals surface area contributed by atoms with E-state index in [0.717, 1.165) is 54.0 Å². The first-order valence-corrected chi connectivity index (χ1v) is 10.4. The third-order valence-electron chi connectivity index (χ3n) is 6.82. The summed E-state index contributed by atoms with van der Waals surface area (Å²) in [6.07, 6.45) is 3.18. The zero-order valence-electron chi connectivity index (χ0n) is 16.4. The number of halogens is 1. The second kappa shape index (κ2) is 6.75. The van der Waals surface area contributed by atoms with Crippen LogP contribution in [0.2, 0.25) is 5.02 Å². The minimum atomic E-state index is 0.118. The molecule has 28 heavy (non-hydrogen) atoms. The zero-order valence-corrected chi connectivity index (χ0v) is 17.2. The molecule has 144 valence electrons. The summed E-state index contributed by atoms with van der Waals surface area (Å²) < 4.78 is 5.54. The summed E-state index contributed by atoms with van der Waals surface area (Å²) in [4.78, 5) is 7.54. The first kappa shape index (κ1) is 18.0. The Hall–Kier alpha value is -2.10. The Morgan fingerprint density at radius 1 is 1.18 bits per heavy atom. The first-order valence-electron chi connectivity index (χ1n) is 9.99. The van der Waals surface area contributed by atoms with Crippen molar-refractivity contribution in [3.63, 3.8) is 0 Å². The van der Waals surface area contributed by atoms with E-state index in [9.17, 15) is 0 Å². The fourth-order valence-corrected chi connectivity index (χ4v) is 5.50. The molecule has 2 aromatic carbocycles. The van der Waals surface area contributed by atoms with Crippen molar-refractivity contribution in [1.29, 1.82) is 0 Å². The smallest absolute Gasteiger partial charge is 0.119 e. The molecule has 1 fully saturated rings. The average molecular weight is 393 g/mol. The summed E-state index contributed by atoms with van der Waals surface area (Å²) in [5.41, 5.74) is 5.10. The van der Waals surface area contributed by atoms with E-state index < -0.39 is 0 Å². The lowest BCUT2D eigenvalue weighted by Gasteiger charge is -2.50. The van der Waals surface area contributed by atoms with Crippen LogP contribution >= 0.6 is 11.6 Å². The number of aromatic nitrogens is 1. The maximum Gasteiger partial charge on any atom is 0.119 e. The van der Waals surface area contributed by atoms with Crippen LogP contribution in [-0.2, 0) is 18.3 Å². The predicted molar refractivity (Wildman–Crippen MR) is 114 cm³/mol. The molecule has 3 nitrogen and oxygen atoms in total. The van der Waals surface area contributed by atoms with E-state index in [-0.39, 0.29) is 5.41 Å². The molecule has 1 saturated heterocycles. The maximum absolute atomic E-state index is 6.45. The van der Waals surface area contributed by atoms with Crippen molar-refractivity contribution < 1.29 is 4.74 Å². The molecule has 4 heteroatoms. The number of nitrogens with zero attached hydrogens (tertiary/aromatic N) is 2. The first-order chi connectivity index (χ1) is 13.6. The highest BCUT2D eigenvalue weighted by molar-refractivity contribution is 6.35. The Bertz CT molecular complexity index is 1050. The molecule has 1 aliphatic carbocycles. The molecule has 2 heterocycles. The van der Waals surface area contributed by atoms with Gasteiger partial charge in [0.2, 0.25) is 0 Å². The average Bonchev–Trinajstić information content (AvgIpc) is 2.71. The van der Waals surface area contributed by atoms with Gasteiger partial charge >= 0.3 is 0 Å². The third kappa shape index (κ3) is 2.80. The van der Waals surface area contributed by atoms with E-state index in [4.69, 9.17) is 21.3 Å². The molecule has 0 saturated carbocycles. The van der Waals surface area contributed by atoms with Crippen LogP contribution in [0.25, 0.3) is 10.9 Å². The topological polar surface area (TPSA) is 25.4 Å². The van der Waals surface area contributed by atoms with Crippen LogP contribution in [0, 0.1) is 5.92 Å². The number of hydrogen-bond acceptors (Lipinski definition) is 3. The van der Waals surface area contributed by atoms with Crippen LogP contribution in [0.4, 0.5) is 0 Å². The molecule has 2 aliphatic rings. The molecule has 0 unspecified atom stereocenters. The van der Waals surface area contributed by atoms with Gasteiger partial charge in [0.25, 0.3) is 0 Å². The van der Waals surface area contributed by atoms with Gasteiger partial charge in [-0.3, -0.25) is 4.98 Å². The highest BCUT2D eigenvalue weighted by atomic mass is 35.5. The lowest BCUT2D eigenvalue weighted by Crippen LogP contribution is -2.53. The molecule has 0 amide bonds. The quantitative estimate of drug-likeness (QED) is 0.621. The van der Waals surface area contributed by atoms with Gasteiger partial charge in [-0.2, -0.15) is 0 Å². The number of methoxy groups -OCH3 is 1. The second-order valence-electron chi connectivity index (χ2n) is 8.38. The summed E-state index contributed by atoms with van der Waals surface area (Å²) >= 11 is 6.45. The van der Waals surface area contributed by atoms with Crippen LogP contribution < -0.4 is 4.74 Å². The van der Waals surface area contributed by atoms with Crippen LogP contribution in [0.3, 0.4) is 0 Å². The number of benzene rings is 2. The number of pyridine rings is 1. The molecule has 0 spiro atoms. The summed E-state index contributed by atoms with van der Waals surface area (Å²) in [5, 5.41) is 1.86. The van der Waals surface area contributed by atoms with Crippen molar-refractivity contribution in [2.75, 3.05) is 27.2 Å². The summed E-state index contributed by atoms with van der Waals surface area (Å²) in [6, 6.07) is 17.0. The van der Waals surface area contributed by atoms with Crippen LogP contribution in [0.15, 0.2) is 48.5 Å². The number of likely N-dealkylation sites (tertiary alicyclic amines) is 1. The maximum atomic E-state index is 6.45. The fourth-order valence-electron chi connectivity index (χ4n) is 5.28. The van der Waals surface area contributed by atoms with Crippen LogP contribution in [0.1, 0.15) is 23.2 Å². The molecule has 1 aromatic heterocycles. The lowest BCUT2D eigenvalue weighted by atomic mass is 9.58. The lowest BCUT2D eigenvalue weighted by molar-refractivity contribution is 0.0987. The van der Waals surface area contributed by atoms with Crippen molar-refractivity contribution in [2.45, 2.75) is 24.7 Å². The number of hydrogen-bond donors (Lipinski definition) is 0. The summed E-state index contributed by atoms with van der Waals surface area (Å²) in [6.45, 7) is 2.22. The summed E-state index contributed by atoms with van der Waals surface area (Å²) in [7, 11) is 3.98. The van der Waals surface area contributed by atoms with Crippen LogP contribution in [0.5, 0.6) is 5.75 Å². The second-order valence-corrected chi connectivity index (χ2v) is 8.79. The molecule has 0 bridgehead atoms. The van der Waals surface area contributed by atoms with Gasteiger partial charge < -0.3 is 9.64 Å². The van der Waals surface area contributed by atoms with E-state index in [2.05, 4.69) is 42.3 Å². The molecule has 0 radical (unpaired) electrons. The Labute approximate surface area is 171 Å². The highest BCUT2D eigenvalue weighted by Gasteiger charge is 2.47. The highest BCUT2D eigenvalue weighted by Crippen LogP contribution is 2.48. The SMILES string of the molecule is COc1cccc([C@@]23CCN(C)C[C@@H]2Cc2cc4c(Cl)cccc4nc2C3)c1. The summed E-state index contributed by atoms with van der Waals surface area (Å²) in [5.74, 6) is 1.50. The number of ether oxygens (including phenoxy) is 1. The normalized spacial score (nSPS) is 24.6. The predicted octanol–water partition coefficient (Wildman–Crippen LogP) is 4.89. The van der Waals surface area contributed by atoms with Gasteiger partial charge in [0, 0.05) is 34.5 Å². The van der Waals surface area contributed by atoms with Gasteiger partial charge in [0.1, 0.15) is 5.75 Å². The van der Waals surface area contributed by atoms with Crippen molar-refractivity contribution >= 4 is 22.5 Å². The van der Waals surface area contributed by atoms with Gasteiger partial charge in [-0.1, -0.05) is 29.8 Å². The Balaban J connectivity index is 1.66. The number of piperidine rings is 1. The van der Waals surface area contributed by atoms with Crippen molar-refractivity contribution in [3.8, 4) is 5.75 Å². The molecule has 0 N–H and O–H groups in total. The van der Waals surface area contributed by atoms with E-state index in [0.29, 0.717) is 5.92 Å². The van der Waals surface area contributed by atoms with Gasteiger partial charge in [-0.25, -0.2) is 0 Å². The Morgan fingerprint density at radius 3 is 2.89 bits per heavy atom. The molecular formula is C24H25ClN2O. The largest absolute Gasteiger partial charge is 0.497 e. The van der Waals surface area contributed by atoms with E-state index in [1.165, 1.54) is 16.8 Å². The minimum absolute atomic E-state index is 0.118. The van der Waals surface area contributed by atoms with E-state index in [1.54, 1.807) is 7.11 Å². The molecule has 2 atom stereocenters. The van der Waals surface area contributed by atoms with Gasteiger partial charge in [-0.05, 0) is 73.8 Å². The molecular weight excluding hydrogens is 368 g/mol. The molecule has 1 aliphatic heterocycles. The number of fused-ring (bicyclic) bond motifs is 3. The van der Waals surface area contributed by atoms with Crippen molar-refractivity contribution in [1.82, 2.24) is 9.88 Å². The Morgan fingerprint density at radius 2 is 2.04 bits per heavy atom. The van der Waals surface area contributed by atoms with E-state index in [1.807, 2.05) is 18.2 Å². The number of rotatable bonds is 2. The standard InChI is InChI=1S/C24H25ClN2O/c1-27-10-9-24(17-5-3-6-19(13-17)28-2)14-23-16(11-18(24)15-27)12-20-21(25)7-4-8-22(20)26-23/h3-8,12-13,18H,9-11,14-15H2,1-2H3/t18-,24-/m0/s1. The monoisotopic (exact) mass is 392 g/mol. The molecule has 3 aromatic rings. The molecule has 5 rings (SSSR count). The van der Waals surface area contributed by atoms with Crippen molar-refractivity contribution in [2.24, 2.45) is 5.92 Å². The van der Waals surface area contributed by atoms with Gasteiger partial charge in [0.15, 0.2) is 0 Å². The van der Waals surface area contributed by atoms with E-state index >= 15 is 0 Å². The third-order valence-corrected chi connectivity index (χ3v) is 7.15. The zero-order chi connectivity index (χ0) is 19.3. The van der Waals surface area contributed by atoms with Gasteiger partial charge in [-0.15, -0.1) is 0 Å². The fraction of sp³-hybridized carbons (Fsp3) is 0.375. The Kier molecular flexibility index (Phi) is 4.33. The van der Waals surface area contributed by atoms with Gasteiger partial charge in [0.05, 0.1) is 12.6 Å². The minimum Gasteiger partial charge on any atom is -0.497 e. The van der Waals surface area contributed by atoms with Crippen LogP contribution in [-0.4, -0.2) is 37.1 Å². The van der Waals surface area contributed by atoms with Crippen molar-refractivity contribution in [3.05, 3.63) is 70.4 Å².